The van der Waals surface area contributed by atoms with Gasteiger partial charge in [0, 0.05) is 0 Å². The van der Waals surface area contributed by atoms with Crippen LogP contribution in [-0.2, 0) is 4.74 Å². The Labute approximate surface area is 123 Å². The second-order valence-corrected chi connectivity index (χ2v) is 4.93. The average Bonchev–Trinajstić information content (AvgIpc) is 2.68. The van der Waals surface area contributed by atoms with E-state index in [9.17, 15) is 24.2 Å². The first-order chi connectivity index (χ1) is 10.2. The molecule has 0 bridgehead atoms. The molecule has 120 valence electrons. The molecule has 1 fully saturated rings. The number of alkyl halides is 1. The van der Waals surface area contributed by atoms with Crippen LogP contribution in [-0.4, -0.2) is 43.7 Å². The van der Waals surface area contributed by atoms with Crippen LogP contribution in [0, 0.1) is 17.7 Å². The van der Waals surface area contributed by atoms with Gasteiger partial charge in [0.2, 0.25) is 11.5 Å². The number of rotatable bonds is 2. The Morgan fingerprint density at radius 3 is 2.73 bits per heavy atom. The van der Waals surface area contributed by atoms with E-state index < -0.39 is 47.3 Å². The van der Waals surface area contributed by atoms with E-state index in [2.05, 4.69) is 11.8 Å². The molecule has 3 N–H and O–H groups in total. The minimum Gasteiger partial charge on any atom is -0.391 e. The average molecular weight is 316 g/mol. The smallest absolute Gasteiger partial charge is 0.330 e. The lowest BCUT2D eigenvalue weighted by Crippen LogP contribution is -2.46. The summed E-state index contributed by atoms with van der Waals surface area (Å²) in [6.45, 7) is 2.56. The highest BCUT2D eigenvalue weighted by Gasteiger charge is 2.59. The third kappa shape index (κ3) is 2.45. The van der Waals surface area contributed by atoms with Gasteiger partial charge >= 0.3 is 5.69 Å². The van der Waals surface area contributed by atoms with Gasteiger partial charge in [-0.1, -0.05) is 5.92 Å². The lowest BCUT2D eigenvalue weighted by atomic mass is 9.94. The zero-order valence-corrected chi connectivity index (χ0v) is 11.7. The molecule has 0 radical (unpaired) electrons. The quantitative estimate of drug-likeness (QED) is 0.610. The molecule has 0 saturated carbocycles. The second-order valence-electron chi connectivity index (χ2n) is 4.93. The van der Waals surface area contributed by atoms with E-state index >= 15 is 4.39 Å². The Morgan fingerprint density at radius 2 is 2.18 bits per heavy atom. The number of hydrogen-bond acceptors (Lipinski definition) is 5. The normalized spacial score (nSPS) is 32.4. The Morgan fingerprint density at radius 1 is 1.55 bits per heavy atom. The van der Waals surface area contributed by atoms with Gasteiger partial charge in [0.25, 0.3) is 5.56 Å². The van der Waals surface area contributed by atoms with Gasteiger partial charge in [0.15, 0.2) is 6.23 Å². The maximum Gasteiger partial charge on any atom is 0.330 e. The molecule has 9 heteroatoms. The molecule has 7 nitrogen and oxygen atoms in total. The van der Waals surface area contributed by atoms with Crippen LogP contribution < -0.4 is 11.2 Å². The summed E-state index contributed by atoms with van der Waals surface area (Å²) in [5.41, 5.74) is -5.15. The molecule has 22 heavy (non-hydrogen) atoms. The number of aromatic nitrogens is 2. The fourth-order valence-corrected chi connectivity index (χ4v) is 2.32. The number of aliphatic hydroxyl groups is 2. The molecule has 1 saturated heterocycles. The van der Waals surface area contributed by atoms with Gasteiger partial charge < -0.3 is 14.9 Å². The molecule has 1 aromatic heterocycles. The predicted octanol–water partition coefficient (Wildman–Crippen LogP) is -0.954. The summed E-state index contributed by atoms with van der Waals surface area (Å²) in [7, 11) is 0. The predicted molar refractivity (Wildman–Crippen MR) is 70.2 cm³/mol. The Hall–Kier alpha value is -2.02. The molecule has 1 aliphatic rings. The number of H-pyrrole nitrogens is 1. The van der Waals surface area contributed by atoms with E-state index in [1.807, 2.05) is 0 Å². The van der Waals surface area contributed by atoms with Gasteiger partial charge in [-0.25, -0.2) is 9.18 Å². The van der Waals surface area contributed by atoms with Gasteiger partial charge in [-0.3, -0.25) is 14.3 Å². The van der Waals surface area contributed by atoms with Crippen molar-refractivity contribution in [2.24, 2.45) is 0 Å². The molecule has 2 rings (SSSR count). The van der Waals surface area contributed by atoms with Crippen molar-refractivity contribution in [1.82, 2.24) is 9.55 Å². The summed E-state index contributed by atoms with van der Waals surface area (Å²) in [5, 5.41) is 19.5. The first-order valence-corrected chi connectivity index (χ1v) is 6.37. The molecule has 0 aliphatic carbocycles. The Kier molecular flexibility index (Phi) is 4.19. The van der Waals surface area contributed by atoms with Crippen molar-refractivity contribution < 1.29 is 23.7 Å². The maximum absolute atomic E-state index is 15.0. The van der Waals surface area contributed by atoms with Crippen molar-refractivity contribution in [3.8, 4) is 11.8 Å². The third-order valence-corrected chi connectivity index (χ3v) is 3.36. The molecule has 5 atom stereocenters. The van der Waals surface area contributed by atoms with Crippen molar-refractivity contribution in [3.05, 3.63) is 32.9 Å². The third-order valence-electron chi connectivity index (χ3n) is 3.36. The van der Waals surface area contributed by atoms with E-state index in [1.54, 1.807) is 4.98 Å². The van der Waals surface area contributed by atoms with Crippen molar-refractivity contribution in [3.63, 3.8) is 0 Å². The monoisotopic (exact) mass is 316 g/mol. The number of nitrogens with one attached hydrogen (secondary N) is 1. The standard InChI is InChI=1S/C13H14F2N2O5/c1-3-4-13(15)9(19)8(6(2)18)22-11(13)17-5-7(14)10(20)16-12(17)21/h5-6,8-9,11,18-19H,1-2H3,(H,16,20,21)/t6-,8-,9?,11-,13-/m1/s1. The van der Waals surface area contributed by atoms with Crippen LogP contribution in [0.2, 0.25) is 0 Å². The van der Waals surface area contributed by atoms with Crippen LogP contribution in [0.25, 0.3) is 0 Å². The molecular weight excluding hydrogens is 302 g/mol. The van der Waals surface area contributed by atoms with Crippen molar-refractivity contribution in [2.45, 2.75) is 44.1 Å². The summed E-state index contributed by atoms with van der Waals surface area (Å²) in [6, 6.07) is 0. The van der Waals surface area contributed by atoms with Gasteiger partial charge in [-0.05, 0) is 13.8 Å². The maximum atomic E-state index is 15.0. The molecule has 0 spiro atoms. The molecule has 1 aromatic rings. The van der Waals surface area contributed by atoms with Crippen LogP contribution in [0.3, 0.4) is 0 Å². The number of halogens is 2. The lowest BCUT2D eigenvalue weighted by molar-refractivity contribution is -0.0806. The van der Waals surface area contributed by atoms with E-state index in [-0.39, 0.29) is 0 Å². The highest BCUT2D eigenvalue weighted by molar-refractivity contribution is 5.23. The molecule has 1 aliphatic heterocycles. The number of ether oxygens (including phenoxy) is 1. The van der Waals surface area contributed by atoms with E-state index in [4.69, 9.17) is 4.74 Å². The number of aromatic amines is 1. The Balaban J connectivity index is 2.61. The van der Waals surface area contributed by atoms with E-state index in [1.165, 1.54) is 13.8 Å². The van der Waals surface area contributed by atoms with Crippen molar-refractivity contribution in [1.29, 1.82) is 0 Å². The highest BCUT2D eigenvalue weighted by Crippen LogP contribution is 2.41. The topological polar surface area (TPSA) is 105 Å². The van der Waals surface area contributed by atoms with Gasteiger partial charge in [-0.2, -0.15) is 4.39 Å². The molecule has 1 unspecified atom stereocenters. The fraction of sp³-hybridized carbons (Fsp3) is 0.538. The molecular formula is C13H14F2N2O5. The van der Waals surface area contributed by atoms with Crippen molar-refractivity contribution >= 4 is 0 Å². The Bertz CT molecular complexity index is 747. The molecule has 0 aromatic carbocycles. The van der Waals surface area contributed by atoms with Crippen molar-refractivity contribution in [2.75, 3.05) is 0 Å². The minimum atomic E-state index is -2.76. The first kappa shape index (κ1) is 16.4. The van der Waals surface area contributed by atoms with Crippen LogP contribution in [0.15, 0.2) is 15.8 Å². The summed E-state index contributed by atoms with van der Waals surface area (Å²) < 4.78 is 34.0. The lowest BCUT2D eigenvalue weighted by Gasteiger charge is -2.24. The zero-order chi connectivity index (χ0) is 16.7. The number of aliphatic hydroxyl groups excluding tert-OH is 2. The first-order valence-electron chi connectivity index (χ1n) is 6.37. The summed E-state index contributed by atoms with van der Waals surface area (Å²) >= 11 is 0. The van der Waals surface area contributed by atoms with E-state index in [0.29, 0.717) is 10.8 Å². The largest absolute Gasteiger partial charge is 0.391 e. The van der Waals surface area contributed by atoms with Crippen LogP contribution in [0.5, 0.6) is 0 Å². The summed E-state index contributed by atoms with van der Waals surface area (Å²) in [4.78, 5) is 24.5. The van der Waals surface area contributed by atoms with Crippen LogP contribution >= 0.6 is 0 Å². The van der Waals surface area contributed by atoms with Crippen LogP contribution in [0.1, 0.15) is 20.1 Å². The highest BCUT2D eigenvalue weighted by atomic mass is 19.1. The summed E-state index contributed by atoms with van der Waals surface area (Å²) in [6.07, 6.45) is -5.87. The SMILES string of the molecule is CC#C[C@@]1(F)C(O)[C@@H]([C@@H](C)O)O[C@H]1n1cc(F)c(=O)[nH]c1=O. The minimum absolute atomic E-state index is 0.451. The van der Waals surface area contributed by atoms with Gasteiger partial charge in [-0.15, -0.1) is 5.92 Å². The number of hydrogen-bond donors (Lipinski definition) is 3. The van der Waals surface area contributed by atoms with E-state index in [0.717, 1.165) is 0 Å². The zero-order valence-electron chi connectivity index (χ0n) is 11.7. The fourth-order valence-electron chi connectivity index (χ4n) is 2.32. The molecule has 0 amide bonds. The van der Waals surface area contributed by atoms with Gasteiger partial charge in [0.1, 0.15) is 12.2 Å². The van der Waals surface area contributed by atoms with Crippen LogP contribution in [0.4, 0.5) is 8.78 Å². The summed E-state index contributed by atoms with van der Waals surface area (Å²) in [5.74, 6) is 3.02. The number of nitrogens with zero attached hydrogens (tertiary/aromatic N) is 1. The van der Waals surface area contributed by atoms with Gasteiger partial charge in [0.05, 0.1) is 12.3 Å². The molecule has 2 heterocycles. The second kappa shape index (κ2) is 5.64.